The van der Waals surface area contributed by atoms with E-state index in [9.17, 15) is 9.59 Å². The smallest absolute Gasteiger partial charge is 0.314 e. The molecular formula is C17H25N5O2S. The molecular weight excluding hydrogens is 338 g/mol. The van der Waals surface area contributed by atoms with Crippen LogP contribution in [0.2, 0.25) is 0 Å². The molecule has 2 rings (SSSR count). The molecule has 0 spiro atoms. The molecule has 5 N–H and O–H groups in total. The van der Waals surface area contributed by atoms with Crippen molar-refractivity contribution in [3.05, 3.63) is 29.8 Å². The number of hydrogen-bond acceptors (Lipinski definition) is 3. The van der Waals surface area contributed by atoms with E-state index in [2.05, 4.69) is 30.0 Å². The van der Waals surface area contributed by atoms with Gasteiger partial charge in [-0.15, -0.1) is 0 Å². The summed E-state index contributed by atoms with van der Waals surface area (Å²) in [5.41, 5.74) is 12.6. The number of nitrogens with zero attached hydrogens (tertiary/aromatic N) is 1. The number of carbonyl (C=O) groups excluding carboxylic acids is 2. The molecule has 1 saturated heterocycles. The largest absolute Gasteiger partial charge is 0.351 e. The van der Waals surface area contributed by atoms with Gasteiger partial charge in [-0.25, -0.2) is 4.79 Å². The molecule has 0 unspecified atom stereocenters. The quantitative estimate of drug-likeness (QED) is 0.486. The number of urea groups is 1. The molecule has 8 heteroatoms. The summed E-state index contributed by atoms with van der Waals surface area (Å²) in [4.78, 5) is 24.9. The molecule has 1 aliphatic rings. The maximum atomic E-state index is 12.2. The molecule has 0 saturated carbocycles. The van der Waals surface area contributed by atoms with Crippen molar-refractivity contribution >= 4 is 35.0 Å². The number of nitrogens with one attached hydrogen (secondary N) is 3. The zero-order valence-electron chi connectivity index (χ0n) is 14.5. The van der Waals surface area contributed by atoms with E-state index in [4.69, 9.17) is 18.0 Å². The molecule has 3 amide bonds. The van der Waals surface area contributed by atoms with E-state index in [1.807, 2.05) is 24.3 Å². The molecule has 0 bridgehead atoms. The summed E-state index contributed by atoms with van der Waals surface area (Å²) in [6.45, 7) is 5.20. The van der Waals surface area contributed by atoms with Crippen LogP contribution in [0.3, 0.4) is 0 Å². The van der Waals surface area contributed by atoms with Crippen molar-refractivity contribution in [2.45, 2.75) is 32.6 Å². The Hall–Kier alpha value is -2.35. The van der Waals surface area contributed by atoms with Crippen molar-refractivity contribution in [2.75, 3.05) is 18.4 Å². The van der Waals surface area contributed by atoms with Crippen LogP contribution in [0.1, 0.15) is 38.2 Å². The molecule has 1 heterocycles. The van der Waals surface area contributed by atoms with Gasteiger partial charge in [-0.2, -0.15) is 0 Å². The Bertz CT molecular complexity index is 632. The molecule has 136 valence electrons. The monoisotopic (exact) mass is 363 g/mol. The van der Waals surface area contributed by atoms with Crippen LogP contribution in [0.15, 0.2) is 24.3 Å². The fraction of sp³-hybridized carbons (Fsp3) is 0.471. The topological polar surface area (TPSA) is 99.5 Å². The summed E-state index contributed by atoms with van der Waals surface area (Å²) >= 11 is 5.18. The first-order valence-corrected chi connectivity index (χ1v) is 8.79. The highest BCUT2D eigenvalue weighted by Gasteiger charge is 2.27. The third-order valence-electron chi connectivity index (χ3n) is 4.24. The number of nitrogens with two attached hydrogens (primary N) is 1. The van der Waals surface area contributed by atoms with Crippen LogP contribution < -0.4 is 21.9 Å². The summed E-state index contributed by atoms with van der Waals surface area (Å²) < 4.78 is 0. The van der Waals surface area contributed by atoms with Crippen molar-refractivity contribution in [3.63, 3.8) is 0 Å². The number of likely N-dealkylation sites (tertiary alicyclic amines) is 1. The van der Waals surface area contributed by atoms with Gasteiger partial charge in [-0.05, 0) is 48.7 Å². The molecule has 1 aliphatic heterocycles. The van der Waals surface area contributed by atoms with Gasteiger partial charge in [0.25, 0.3) is 0 Å². The van der Waals surface area contributed by atoms with Gasteiger partial charge < -0.3 is 16.0 Å². The third kappa shape index (κ3) is 5.60. The second kappa shape index (κ2) is 8.66. The fourth-order valence-corrected chi connectivity index (χ4v) is 2.89. The molecule has 0 radical (unpaired) electrons. The minimum atomic E-state index is -0.493. The predicted molar refractivity (Wildman–Crippen MR) is 102 cm³/mol. The molecule has 7 nitrogen and oxygen atoms in total. The van der Waals surface area contributed by atoms with Gasteiger partial charge >= 0.3 is 6.03 Å². The summed E-state index contributed by atoms with van der Waals surface area (Å²) in [6, 6.07) is 7.46. The van der Waals surface area contributed by atoms with Gasteiger partial charge in [-0.3, -0.25) is 15.6 Å². The third-order valence-corrected chi connectivity index (χ3v) is 4.44. The van der Waals surface area contributed by atoms with E-state index in [1.54, 1.807) is 0 Å². The van der Waals surface area contributed by atoms with Crippen molar-refractivity contribution in [2.24, 2.45) is 11.7 Å². The van der Waals surface area contributed by atoms with Crippen LogP contribution in [0.25, 0.3) is 0 Å². The number of amides is 3. The number of hydrogen-bond donors (Lipinski definition) is 4. The van der Waals surface area contributed by atoms with E-state index >= 15 is 0 Å². The Morgan fingerprint density at radius 2 is 1.92 bits per heavy atom. The van der Waals surface area contributed by atoms with E-state index in [0.29, 0.717) is 30.5 Å². The zero-order chi connectivity index (χ0) is 18.4. The van der Waals surface area contributed by atoms with Crippen LogP contribution in [0, 0.1) is 5.92 Å². The highest BCUT2D eigenvalue weighted by molar-refractivity contribution is 7.80. The number of hydrazine groups is 1. The van der Waals surface area contributed by atoms with Crippen LogP contribution in [-0.4, -0.2) is 35.0 Å². The number of carbonyl (C=O) groups is 2. The van der Waals surface area contributed by atoms with Crippen LogP contribution >= 0.6 is 12.2 Å². The van der Waals surface area contributed by atoms with Crippen molar-refractivity contribution < 1.29 is 9.59 Å². The lowest BCUT2D eigenvalue weighted by atomic mass is 9.98. The first-order chi connectivity index (χ1) is 11.9. The number of anilines is 1. The van der Waals surface area contributed by atoms with Gasteiger partial charge in [0.15, 0.2) is 5.11 Å². The lowest BCUT2D eigenvalue weighted by Gasteiger charge is -2.30. The second-order valence-corrected chi connectivity index (χ2v) is 6.88. The molecule has 25 heavy (non-hydrogen) atoms. The molecule has 1 fully saturated rings. The fourth-order valence-electron chi connectivity index (χ4n) is 2.73. The van der Waals surface area contributed by atoms with Gasteiger partial charge in [0.1, 0.15) is 0 Å². The molecule has 1 atom stereocenters. The number of benzene rings is 1. The Morgan fingerprint density at radius 3 is 2.52 bits per heavy atom. The number of rotatable bonds is 3. The zero-order valence-corrected chi connectivity index (χ0v) is 15.4. The summed E-state index contributed by atoms with van der Waals surface area (Å²) in [7, 11) is 0. The summed E-state index contributed by atoms with van der Waals surface area (Å²) in [6.07, 6.45) is 1.47. The van der Waals surface area contributed by atoms with Crippen molar-refractivity contribution in [1.29, 1.82) is 0 Å². The first kappa shape index (κ1) is 19.0. The summed E-state index contributed by atoms with van der Waals surface area (Å²) in [5.74, 6) is -0.0268. The average molecular weight is 363 g/mol. The number of primary amides is 1. The van der Waals surface area contributed by atoms with E-state index < -0.39 is 6.03 Å². The van der Waals surface area contributed by atoms with E-state index in [1.165, 1.54) is 10.5 Å². The number of piperidine rings is 1. The van der Waals surface area contributed by atoms with Crippen LogP contribution in [0.5, 0.6) is 0 Å². The van der Waals surface area contributed by atoms with Gasteiger partial charge in [0.05, 0.1) is 5.92 Å². The number of thiocarbonyl (C=S) groups is 1. The Balaban J connectivity index is 1.79. The van der Waals surface area contributed by atoms with Gasteiger partial charge in [-0.1, -0.05) is 26.0 Å². The average Bonchev–Trinajstić information content (AvgIpc) is 2.60. The maximum Gasteiger partial charge on any atom is 0.314 e. The van der Waals surface area contributed by atoms with Gasteiger partial charge in [0, 0.05) is 18.8 Å². The lowest BCUT2D eigenvalue weighted by molar-refractivity contribution is -0.126. The minimum absolute atomic E-state index is 0.203. The Labute approximate surface area is 153 Å². The van der Waals surface area contributed by atoms with E-state index in [0.717, 1.165) is 12.1 Å². The molecule has 0 aromatic heterocycles. The first-order valence-electron chi connectivity index (χ1n) is 8.38. The Kier molecular flexibility index (Phi) is 6.58. The lowest BCUT2D eigenvalue weighted by Crippen LogP contribution is -2.51. The molecule has 1 aromatic rings. The molecule has 1 aromatic carbocycles. The van der Waals surface area contributed by atoms with Crippen molar-refractivity contribution in [1.82, 2.24) is 15.8 Å². The Morgan fingerprint density at radius 1 is 1.24 bits per heavy atom. The van der Waals surface area contributed by atoms with Crippen LogP contribution in [-0.2, 0) is 4.79 Å². The van der Waals surface area contributed by atoms with Crippen molar-refractivity contribution in [3.8, 4) is 0 Å². The van der Waals surface area contributed by atoms with Crippen LogP contribution in [0.4, 0.5) is 10.5 Å². The summed E-state index contributed by atoms with van der Waals surface area (Å²) in [5, 5.41) is 3.31. The minimum Gasteiger partial charge on any atom is -0.351 e. The van der Waals surface area contributed by atoms with Gasteiger partial charge in [0.2, 0.25) is 5.91 Å². The SMILES string of the molecule is CC(C)c1ccc(NC(=S)NNC(=O)[C@H]2CCCN(C(N)=O)C2)cc1. The maximum absolute atomic E-state index is 12.2. The highest BCUT2D eigenvalue weighted by atomic mass is 32.1. The standard InChI is InChI=1S/C17H25N5O2S/c1-11(2)12-5-7-14(8-6-12)19-17(25)21-20-15(23)13-4-3-9-22(10-13)16(18)24/h5-8,11,13H,3-4,9-10H2,1-2H3,(H2,18,24)(H,20,23)(H2,19,21,25)/t13-/m0/s1. The van der Waals surface area contributed by atoms with E-state index in [-0.39, 0.29) is 11.8 Å². The molecule has 0 aliphatic carbocycles. The second-order valence-electron chi connectivity index (χ2n) is 6.47. The normalized spacial score (nSPS) is 17.1. The predicted octanol–water partition coefficient (Wildman–Crippen LogP) is 1.92. The highest BCUT2D eigenvalue weighted by Crippen LogP contribution is 2.17.